The van der Waals surface area contributed by atoms with E-state index < -0.39 is 0 Å². The standard InChI is InChI=1S/C23H19ClO/c1-15-7-5-4-6-12-25-22-18(15)10-8-16-13-20(22)19-14-17(24)9-11-21(19)23(16,2)3/h4-11,14H,1,12H2,2-3H3/b6-4-,7-5-. The van der Waals surface area contributed by atoms with E-state index in [0.717, 1.165) is 33.6 Å². The van der Waals surface area contributed by atoms with Gasteiger partial charge in [0.1, 0.15) is 12.4 Å². The summed E-state index contributed by atoms with van der Waals surface area (Å²) in [5.74, 6) is 0.812. The van der Waals surface area contributed by atoms with Crippen molar-refractivity contribution in [2.45, 2.75) is 19.3 Å². The first-order valence-electron chi connectivity index (χ1n) is 8.38. The summed E-state index contributed by atoms with van der Waals surface area (Å²) >= 11 is 6.32. The number of rotatable bonds is 0. The summed E-state index contributed by atoms with van der Waals surface area (Å²) < 4.78 is 6.15. The van der Waals surface area contributed by atoms with Crippen molar-refractivity contribution in [3.05, 3.63) is 106 Å². The highest BCUT2D eigenvalue weighted by atomic mass is 35.5. The average molecular weight is 347 g/mol. The van der Waals surface area contributed by atoms with Crippen LogP contribution in [0.15, 0.2) is 89.4 Å². The minimum Gasteiger partial charge on any atom is -0.488 e. The lowest BCUT2D eigenvalue weighted by atomic mass is 9.72. The number of allylic oxidation sites excluding steroid dienone is 8. The molecular weight excluding hydrogens is 328 g/mol. The molecule has 2 bridgehead atoms. The van der Waals surface area contributed by atoms with Gasteiger partial charge < -0.3 is 4.74 Å². The fourth-order valence-electron chi connectivity index (χ4n) is 3.51. The Morgan fingerprint density at radius 1 is 1.16 bits per heavy atom. The number of hydrogen-bond donors (Lipinski definition) is 0. The maximum Gasteiger partial charge on any atom is 0.143 e. The van der Waals surface area contributed by atoms with Gasteiger partial charge in [-0.3, -0.25) is 0 Å². The molecule has 0 N–H and O–H groups in total. The van der Waals surface area contributed by atoms with E-state index >= 15 is 0 Å². The van der Waals surface area contributed by atoms with E-state index in [4.69, 9.17) is 16.3 Å². The molecule has 1 heterocycles. The van der Waals surface area contributed by atoms with Crippen LogP contribution in [0.5, 0.6) is 0 Å². The second kappa shape index (κ2) is 5.81. The first-order chi connectivity index (χ1) is 12.0. The van der Waals surface area contributed by atoms with E-state index in [-0.39, 0.29) is 5.41 Å². The zero-order chi connectivity index (χ0) is 17.6. The van der Waals surface area contributed by atoms with Crippen molar-refractivity contribution in [2.75, 3.05) is 6.61 Å². The molecule has 0 unspecified atom stereocenters. The van der Waals surface area contributed by atoms with E-state index in [9.17, 15) is 0 Å². The topological polar surface area (TPSA) is 9.23 Å². The lowest BCUT2D eigenvalue weighted by Crippen LogP contribution is -2.23. The van der Waals surface area contributed by atoms with Crippen LogP contribution in [0.3, 0.4) is 0 Å². The number of halogens is 1. The molecule has 0 radical (unpaired) electrons. The van der Waals surface area contributed by atoms with Crippen LogP contribution in [0.1, 0.15) is 25.0 Å². The van der Waals surface area contributed by atoms with Crippen LogP contribution in [-0.2, 0) is 10.2 Å². The van der Waals surface area contributed by atoms with E-state index in [1.165, 1.54) is 5.56 Å². The van der Waals surface area contributed by atoms with Crippen molar-refractivity contribution in [2.24, 2.45) is 0 Å². The van der Waals surface area contributed by atoms with Crippen LogP contribution in [0.4, 0.5) is 0 Å². The van der Waals surface area contributed by atoms with E-state index in [2.05, 4.69) is 44.4 Å². The lowest BCUT2D eigenvalue weighted by Gasteiger charge is -2.32. The summed E-state index contributed by atoms with van der Waals surface area (Å²) in [5.41, 5.74) is 9.76. The van der Waals surface area contributed by atoms with Gasteiger partial charge in [-0.2, -0.15) is 0 Å². The van der Waals surface area contributed by atoms with Crippen LogP contribution in [0.2, 0.25) is 5.02 Å². The molecule has 0 amide bonds. The third kappa shape index (κ3) is 2.57. The molecule has 0 aromatic heterocycles. The zero-order valence-electron chi connectivity index (χ0n) is 14.4. The minimum atomic E-state index is -0.144. The molecular formula is C23H19ClO. The van der Waals surface area contributed by atoms with Gasteiger partial charge in [0.15, 0.2) is 0 Å². The van der Waals surface area contributed by atoms with Crippen molar-refractivity contribution in [1.29, 1.82) is 0 Å². The molecule has 124 valence electrons. The Hall–Kier alpha value is -2.47. The highest BCUT2D eigenvalue weighted by Crippen LogP contribution is 2.46. The van der Waals surface area contributed by atoms with Crippen LogP contribution < -0.4 is 0 Å². The maximum absolute atomic E-state index is 6.32. The van der Waals surface area contributed by atoms with Gasteiger partial charge in [-0.05, 0) is 47.1 Å². The van der Waals surface area contributed by atoms with Gasteiger partial charge >= 0.3 is 0 Å². The highest BCUT2D eigenvalue weighted by Gasteiger charge is 2.34. The highest BCUT2D eigenvalue weighted by molar-refractivity contribution is 6.30. The monoisotopic (exact) mass is 346 g/mol. The van der Waals surface area contributed by atoms with E-state index in [1.807, 2.05) is 36.4 Å². The van der Waals surface area contributed by atoms with Crippen molar-refractivity contribution in [3.8, 4) is 0 Å². The molecule has 1 nitrogen and oxygen atoms in total. The van der Waals surface area contributed by atoms with Gasteiger partial charge in [-0.25, -0.2) is 0 Å². The summed E-state index contributed by atoms with van der Waals surface area (Å²) in [6.45, 7) is 9.16. The molecule has 0 saturated carbocycles. The predicted molar refractivity (Wildman–Crippen MR) is 104 cm³/mol. The molecule has 25 heavy (non-hydrogen) atoms. The van der Waals surface area contributed by atoms with Gasteiger partial charge in [0, 0.05) is 21.6 Å². The van der Waals surface area contributed by atoms with Gasteiger partial charge in [-0.15, -0.1) is 5.73 Å². The van der Waals surface area contributed by atoms with Gasteiger partial charge in [-0.1, -0.05) is 56.3 Å². The summed E-state index contributed by atoms with van der Waals surface area (Å²) in [7, 11) is 0. The number of hydrogen-bond acceptors (Lipinski definition) is 1. The molecule has 2 aliphatic carbocycles. The van der Waals surface area contributed by atoms with Gasteiger partial charge in [0.05, 0.1) is 5.57 Å². The van der Waals surface area contributed by atoms with Crippen LogP contribution >= 0.6 is 11.6 Å². The molecule has 0 saturated heterocycles. The zero-order valence-corrected chi connectivity index (χ0v) is 15.2. The van der Waals surface area contributed by atoms with Crippen LogP contribution in [0.25, 0.3) is 5.57 Å². The third-order valence-electron chi connectivity index (χ3n) is 4.96. The fourth-order valence-corrected chi connectivity index (χ4v) is 3.68. The van der Waals surface area contributed by atoms with Crippen molar-refractivity contribution >= 4 is 17.2 Å². The largest absolute Gasteiger partial charge is 0.488 e. The molecule has 1 aliphatic heterocycles. The Balaban J connectivity index is 2.02. The van der Waals surface area contributed by atoms with Crippen molar-refractivity contribution in [3.63, 3.8) is 0 Å². The normalized spacial score (nSPS) is 22.9. The number of fused-ring (bicyclic) bond motifs is 3. The van der Waals surface area contributed by atoms with Gasteiger partial charge in [0.2, 0.25) is 0 Å². The first kappa shape index (κ1) is 16.0. The van der Waals surface area contributed by atoms with Crippen LogP contribution in [0, 0.1) is 0 Å². The quantitative estimate of drug-likeness (QED) is 0.518. The third-order valence-corrected chi connectivity index (χ3v) is 5.20. The fraction of sp³-hybridized carbons (Fsp3) is 0.174. The molecule has 3 aliphatic rings. The Labute approximate surface area is 153 Å². The van der Waals surface area contributed by atoms with E-state index in [0.29, 0.717) is 11.6 Å². The number of ether oxygens (including phenoxy) is 1. The Morgan fingerprint density at radius 2 is 2.00 bits per heavy atom. The summed E-state index contributed by atoms with van der Waals surface area (Å²) in [6.07, 6.45) is 12.2. The summed E-state index contributed by atoms with van der Waals surface area (Å²) in [4.78, 5) is 0. The molecule has 4 rings (SSSR count). The van der Waals surface area contributed by atoms with Crippen LogP contribution in [-0.4, -0.2) is 6.61 Å². The van der Waals surface area contributed by atoms with Crippen molar-refractivity contribution < 1.29 is 4.74 Å². The molecule has 2 heteroatoms. The SMILES string of the molecule is C=C1/C=C\C=C/COC2=C1C=CC1=C=C2c2cc(Cl)ccc2C1(C)C. The van der Waals surface area contributed by atoms with Gasteiger partial charge in [0.25, 0.3) is 0 Å². The summed E-state index contributed by atoms with van der Waals surface area (Å²) in [6, 6.07) is 6.08. The molecule has 1 aromatic carbocycles. The molecule has 1 aromatic rings. The number of benzene rings is 1. The first-order valence-corrected chi connectivity index (χ1v) is 8.76. The second-order valence-corrected chi connectivity index (χ2v) is 7.36. The Kier molecular flexibility index (Phi) is 3.72. The van der Waals surface area contributed by atoms with Crippen molar-refractivity contribution in [1.82, 2.24) is 0 Å². The Morgan fingerprint density at radius 3 is 2.84 bits per heavy atom. The molecule has 0 fully saturated rings. The smallest absolute Gasteiger partial charge is 0.143 e. The Bertz CT molecular complexity index is 973. The second-order valence-electron chi connectivity index (χ2n) is 6.93. The molecule has 0 atom stereocenters. The maximum atomic E-state index is 6.32. The minimum absolute atomic E-state index is 0.144. The average Bonchev–Trinajstić information content (AvgIpc) is 2.69. The summed E-state index contributed by atoms with van der Waals surface area (Å²) in [5, 5.41) is 0.716. The molecule has 0 spiro atoms. The lowest BCUT2D eigenvalue weighted by molar-refractivity contribution is 0.263. The van der Waals surface area contributed by atoms with E-state index in [1.54, 1.807) is 0 Å². The predicted octanol–water partition coefficient (Wildman–Crippen LogP) is 6.06.